The second-order valence-electron chi connectivity index (χ2n) is 8.30. The smallest absolute Gasteiger partial charge is 0.323 e. The zero-order valence-electron chi connectivity index (χ0n) is 20.0. The van der Waals surface area contributed by atoms with Gasteiger partial charge in [0.05, 0.1) is 18.3 Å². The van der Waals surface area contributed by atoms with Crippen LogP contribution in [0.15, 0.2) is 60.9 Å². The lowest BCUT2D eigenvalue weighted by Crippen LogP contribution is -2.47. The van der Waals surface area contributed by atoms with Gasteiger partial charge in [0, 0.05) is 36.7 Å². The van der Waals surface area contributed by atoms with Crippen molar-refractivity contribution in [2.45, 2.75) is 25.9 Å². The number of esters is 1. The average Bonchev–Trinajstić information content (AvgIpc) is 2.87. The van der Waals surface area contributed by atoms with Gasteiger partial charge in [-0.25, -0.2) is 9.97 Å². The van der Waals surface area contributed by atoms with Gasteiger partial charge in [-0.05, 0) is 25.5 Å². The number of amides is 1. The molecule has 1 saturated heterocycles. The number of ether oxygens (including phenoxy) is 2. The molecule has 2 atom stereocenters. The fourth-order valence-corrected chi connectivity index (χ4v) is 3.94. The number of carbonyl (C=O) groups excluding carboxylic acids is 2. The van der Waals surface area contributed by atoms with Crippen LogP contribution in [0.5, 0.6) is 5.75 Å². The van der Waals surface area contributed by atoms with Crippen molar-refractivity contribution in [1.82, 2.24) is 14.9 Å². The molecule has 4 rings (SSSR count). The molecule has 1 aliphatic rings. The van der Waals surface area contributed by atoms with Crippen LogP contribution in [0.2, 0.25) is 0 Å². The number of fused-ring (bicyclic) bond motifs is 1. The Balaban J connectivity index is 1.51. The maximum absolute atomic E-state index is 12.6. The highest BCUT2D eigenvalue weighted by molar-refractivity contribution is 6.03. The molecular weight excluding hydrogens is 446 g/mol. The molecule has 2 heterocycles. The van der Waals surface area contributed by atoms with Crippen LogP contribution in [0.1, 0.15) is 25.5 Å². The fraction of sp³-hybridized carbons (Fsp3) is 0.308. The third-order valence-electron chi connectivity index (χ3n) is 5.99. The van der Waals surface area contributed by atoms with E-state index in [9.17, 15) is 9.59 Å². The van der Waals surface area contributed by atoms with E-state index in [1.165, 1.54) is 12.4 Å². The SMILES string of the molecule is COc1cc2ncnc(N[C@H](C)c3ccccc3)c2cc1NC(=O)/C=C/CN1CCOC(=O)[C@@H]1C. The second kappa shape index (κ2) is 11.0. The number of rotatable bonds is 8. The van der Waals surface area contributed by atoms with Gasteiger partial charge in [0.2, 0.25) is 5.91 Å². The maximum Gasteiger partial charge on any atom is 0.323 e. The number of morpholine rings is 1. The molecular formula is C26H29N5O4. The molecule has 3 aromatic rings. The lowest BCUT2D eigenvalue weighted by molar-refractivity contribution is -0.155. The molecule has 2 aromatic carbocycles. The van der Waals surface area contributed by atoms with Crippen LogP contribution in [0.25, 0.3) is 10.9 Å². The maximum atomic E-state index is 12.6. The molecule has 35 heavy (non-hydrogen) atoms. The molecule has 2 N–H and O–H groups in total. The molecule has 0 radical (unpaired) electrons. The van der Waals surface area contributed by atoms with E-state index >= 15 is 0 Å². The van der Waals surface area contributed by atoms with E-state index in [1.807, 2.05) is 29.2 Å². The Morgan fingerprint density at radius 3 is 2.86 bits per heavy atom. The molecule has 0 spiro atoms. The van der Waals surface area contributed by atoms with Crippen molar-refractivity contribution >= 4 is 34.3 Å². The number of nitrogens with one attached hydrogen (secondary N) is 2. The lowest BCUT2D eigenvalue weighted by atomic mass is 10.1. The summed E-state index contributed by atoms with van der Waals surface area (Å²) in [6, 6.07) is 13.3. The molecule has 1 aromatic heterocycles. The Morgan fingerprint density at radius 1 is 1.29 bits per heavy atom. The van der Waals surface area contributed by atoms with Crippen LogP contribution in [-0.2, 0) is 14.3 Å². The van der Waals surface area contributed by atoms with Crippen molar-refractivity contribution in [3.8, 4) is 5.75 Å². The molecule has 0 bridgehead atoms. The van der Waals surface area contributed by atoms with Crippen LogP contribution in [0, 0.1) is 0 Å². The van der Waals surface area contributed by atoms with Crippen LogP contribution >= 0.6 is 0 Å². The van der Waals surface area contributed by atoms with E-state index in [1.54, 1.807) is 26.2 Å². The Bertz CT molecular complexity index is 1230. The highest BCUT2D eigenvalue weighted by atomic mass is 16.5. The summed E-state index contributed by atoms with van der Waals surface area (Å²) >= 11 is 0. The van der Waals surface area contributed by atoms with E-state index in [4.69, 9.17) is 9.47 Å². The Hall–Kier alpha value is -3.98. The number of nitrogens with zero attached hydrogens (tertiary/aromatic N) is 3. The Labute approximate surface area is 204 Å². The summed E-state index contributed by atoms with van der Waals surface area (Å²) in [5, 5.41) is 7.08. The molecule has 1 amide bonds. The van der Waals surface area contributed by atoms with Gasteiger partial charge in [-0.1, -0.05) is 36.4 Å². The Kier molecular flexibility index (Phi) is 7.57. The summed E-state index contributed by atoms with van der Waals surface area (Å²) < 4.78 is 10.5. The van der Waals surface area contributed by atoms with Crippen molar-refractivity contribution in [3.63, 3.8) is 0 Å². The quantitative estimate of drug-likeness (QED) is 0.376. The van der Waals surface area contributed by atoms with Gasteiger partial charge in [-0.2, -0.15) is 0 Å². The first-order chi connectivity index (χ1) is 17.0. The monoisotopic (exact) mass is 475 g/mol. The summed E-state index contributed by atoms with van der Waals surface area (Å²) in [6.07, 6.45) is 4.68. The largest absolute Gasteiger partial charge is 0.494 e. The first-order valence-electron chi connectivity index (χ1n) is 11.5. The predicted octanol–water partition coefficient (Wildman–Crippen LogP) is 3.55. The summed E-state index contributed by atoms with van der Waals surface area (Å²) in [6.45, 7) is 5.32. The second-order valence-corrected chi connectivity index (χ2v) is 8.30. The van der Waals surface area contributed by atoms with E-state index in [0.29, 0.717) is 42.5 Å². The summed E-state index contributed by atoms with van der Waals surface area (Å²) in [7, 11) is 1.54. The van der Waals surface area contributed by atoms with Gasteiger partial charge in [-0.15, -0.1) is 0 Å². The van der Waals surface area contributed by atoms with Crippen LogP contribution in [0.4, 0.5) is 11.5 Å². The molecule has 0 unspecified atom stereocenters. The fourth-order valence-electron chi connectivity index (χ4n) is 3.94. The first-order valence-corrected chi connectivity index (χ1v) is 11.5. The molecule has 9 heteroatoms. The highest BCUT2D eigenvalue weighted by Crippen LogP contribution is 2.33. The van der Waals surface area contributed by atoms with Gasteiger partial charge >= 0.3 is 5.97 Å². The minimum atomic E-state index is -0.332. The first kappa shape index (κ1) is 24.2. The Morgan fingerprint density at radius 2 is 2.09 bits per heavy atom. The number of anilines is 2. The van der Waals surface area contributed by atoms with E-state index in [2.05, 4.69) is 39.7 Å². The van der Waals surface area contributed by atoms with Crippen molar-refractivity contribution in [2.24, 2.45) is 0 Å². The van der Waals surface area contributed by atoms with Crippen LogP contribution in [0.3, 0.4) is 0 Å². The molecule has 182 valence electrons. The number of hydrogen-bond acceptors (Lipinski definition) is 8. The van der Waals surface area contributed by atoms with E-state index in [0.717, 1.165) is 10.9 Å². The number of hydrogen-bond donors (Lipinski definition) is 2. The number of benzene rings is 2. The zero-order chi connectivity index (χ0) is 24.8. The minimum absolute atomic E-state index is 0.0202. The summed E-state index contributed by atoms with van der Waals surface area (Å²) in [5.41, 5.74) is 2.33. The normalized spacial score (nSPS) is 17.2. The molecule has 1 aliphatic heterocycles. The summed E-state index contributed by atoms with van der Waals surface area (Å²) in [5.74, 6) is 0.598. The van der Waals surface area contributed by atoms with Crippen molar-refractivity contribution in [3.05, 3.63) is 66.5 Å². The van der Waals surface area contributed by atoms with Gasteiger partial charge in [0.15, 0.2) is 0 Å². The molecule has 1 fully saturated rings. The van der Waals surface area contributed by atoms with Gasteiger partial charge in [-0.3, -0.25) is 14.5 Å². The van der Waals surface area contributed by atoms with Gasteiger partial charge in [0.25, 0.3) is 0 Å². The van der Waals surface area contributed by atoms with Crippen molar-refractivity contribution < 1.29 is 19.1 Å². The van der Waals surface area contributed by atoms with Gasteiger partial charge < -0.3 is 20.1 Å². The molecule has 0 saturated carbocycles. The predicted molar refractivity (Wildman–Crippen MR) is 134 cm³/mol. The summed E-state index contributed by atoms with van der Waals surface area (Å²) in [4.78, 5) is 35.1. The van der Waals surface area contributed by atoms with Crippen molar-refractivity contribution in [2.75, 3.05) is 37.4 Å². The van der Waals surface area contributed by atoms with E-state index in [-0.39, 0.29) is 24.0 Å². The number of carbonyl (C=O) groups is 2. The van der Waals surface area contributed by atoms with Gasteiger partial charge in [0.1, 0.15) is 30.5 Å². The highest BCUT2D eigenvalue weighted by Gasteiger charge is 2.26. The number of methoxy groups -OCH3 is 1. The van der Waals surface area contributed by atoms with Crippen LogP contribution < -0.4 is 15.4 Å². The number of aromatic nitrogens is 2. The zero-order valence-corrected chi connectivity index (χ0v) is 20.0. The average molecular weight is 476 g/mol. The minimum Gasteiger partial charge on any atom is -0.494 e. The molecule has 0 aliphatic carbocycles. The van der Waals surface area contributed by atoms with Crippen molar-refractivity contribution in [1.29, 1.82) is 0 Å². The van der Waals surface area contributed by atoms with E-state index < -0.39 is 0 Å². The third-order valence-corrected chi connectivity index (χ3v) is 5.99. The topological polar surface area (TPSA) is 106 Å². The number of cyclic esters (lactones) is 1. The standard InChI is InChI=1S/C26H29N5O4/c1-17(19-8-5-4-6-9-19)29-25-20-14-22(23(34-3)15-21(20)27-16-28-25)30-24(32)10-7-11-31-12-13-35-26(33)18(31)2/h4-10,14-18H,11-13H2,1-3H3,(H,30,32)(H,27,28,29)/b10-7+/t17-,18+/m1/s1. The molecule has 9 nitrogen and oxygen atoms in total. The lowest BCUT2D eigenvalue weighted by Gasteiger charge is -2.30. The third kappa shape index (κ3) is 5.75. The van der Waals surface area contributed by atoms with Crippen LogP contribution in [-0.4, -0.2) is 59.6 Å².